The minimum Gasteiger partial charge on any atom is -0.462 e. The molecule has 0 saturated heterocycles. The van der Waals surface area contributed by atoms with Gasteiger partial charge in [0.1, 0.15) is 0 Å². The third-order valence-electron chi connectivity index (χ3n) is 2.85. The van der Waals surface area contributed by atoms with Gasteiger partial charge in [-0.3, -0.25) is 4.55 Å². The Balaban J connectivity index is 3.03. The van der Waals surface area contributed by atoms with Crippen LogP contribution in [0, 0.1) is 0 Å². The average molecular weight is 398 g/mol. The Hall–Kier alpha value is -2.15. The molecular formula is C14H16F2O9S. The topological polar surface area (TPSA) is 147 Å². The van der Waals surface area contributed by atoms with Gasteiger partial charge in [0, 0.05) is 12.8 Å². The van der Waals surface area contributed by atoms with Crippen molar-refractivity contribution in [2.45, 2.75) is 30.5 Å². The number of esters is 2. The molecule has 9 nitrogen and oxygen atoms in total. The highest BCUT2D eigenvalue weighted by atomic mass is 32.2. The standard InChI is InChI=1S/C14H16F2O9S/c15-11(17)1-3-24-13(19)8-5-9(7-10(6-8)26(21,22)23)14(20)25-4-2-12(16)18/h5-7,11-12,17-18H,1-4H2,(H,21,22,23). The first-order valence-electron chi connectivity index (χ1n) is 7.12. The van der Waals surface area contributed by atoms with Crippen LogP contribution in [0.4, 0.5) is 8.78 Å². The van der Waals surface area contributed by atoms with E-state index in [0.717, 1.165) is 6.07 Å². The number of hydrogen-bond donors (Lipinski definition) is 3. The number of aliphatic hydroxyl groups excluding tert-OH is 2. The molecule has 0 aromatic heterocycles. The quantitative estimate of drug-likeness (QED) is 0.402. The molecule has 1 aromatic carbocycles. The molecule has 26 heavy (non-hydrogen) atoms. The van der Waals surface area contributed by atoms with Gasteiger partial charge in [-0.25, -0.2) is 18.4 Å². The molecule has 12 heteroatoms. The Labute approximate surface area is 146 Å². The fourth-order valence-electron chi connectivity index (χ4n) is 1.65. The molecule has 0 saturated carbocycles. The summed E-state index contributed by atoms with van der Waals surface area (Å²) in [6.07, 6.45) is -5.49. The minimum atomic E-state index is -4.80. The Bertz CT molecular complexity index is 703. The Kier molecular flexibility index (Phi) is 8.02. The van der Waals surface area contributed by atoms with E-state index in [0.29, 0.717) is 12.1 Å². The van der Waals surface area contributed by atoms with Crippen molar-refractivity contribution in [3.8, 4) is 0 Å². The molecule has 2 atom stereocenters. The molecule has 0 amide bonds. The van der Waals surface area contributed by atoms with Gasteiger partial charge in [-0.15, -0.1) is 0 Å². The van der Waals surface area contributed by atoms with Crippen LogP contribution >= 0.6 is 0 Å². The molecule has 0 heterocycles. The van der Waals surface area contributed by atoms with Gasteiger partial charge in [0.15, 0.2) is 12.7 Å². The van der Waals surface area contributed by atoms with Crippen LogP contribution in [-0.2, 0) is 19.6 Å². The Morgan fingerprint density at radius 3 is 1.62 bits per heavy atom. The van der Waals surface area contributed by atoms with E-state index in [1.54, 1.807) is 0 Å². The van der Waals surface area contributed by atoms with Crippen molar-refractivity contribution in [3.05, 3.63) is 29.3 Å². The van der Waals surface area contributed by atoms with Gasteiger partial charge in [-0.1, -0.05) is 0 Å². The second-order valence-corrected chi connectivity index (χ2v) is 6.36. The van der Waals surface area contributed by atoms with Crippen LogP contribution in [-0.4, -0.2) is 61.1 Å². The second-order valence-electron chi connectivity index (χ2n) is 4.94. The van der Waals surface area contributed by atoms with Crippen molar-refractivity contribution >= 4 is 22.1 Å². The van der Waals surface area contributed by atoms with E-state index in [2.05, 4.69) is 9.47 Å². The second kappa shape index (κ2) is 9.52. The monoisotopic (exact) mass is 398 g/mol. The summed E-state index contributed by atoms with van der Waals surface area (Å²) in [6.45, 7) is -1.05. The molecule has 1 aromatic rings. The van der Waals surface area contributed by atoms with E-state index in [1.807, 2.05) is 0 Å². The summed E-state index contributed by atoms with van der Waals surface area (Å²) in [6, 6.07) is 2.31. The van der Waals surface area contributed by atoms with E-state index in [4.69, 9.17) is 14.8 Å². The predicted molar refractivity (Wildman–Crippen MR) is 80.3 cm³/mol. The highest BCUT2D eigenvalue weighted by Crippen LogP contribution is 2.17. The lowest BCUT2D eigenvalue weighted by atomic mass is 10.1. The Morgan fingerprint density at radius 2 is 1.31 bits per heavy atom. The fourth-order valence-corrected chi connectivity index (χ4v) is 2.20. The van der Waals surface area contributed by atoms with E-state index in [-0.39, 0.29) is 0 Å². The van der Waals surface area contributed by atoms with Crippen LogP contribution in [0.2, 0.25) is 0 Å². The predicted octanol–water partition coefficient (Wildman–Crippen LogP) is 0.603. The minimum absolute atomic E-state index is 0.467. The number of alkyl halides is 2. The largest absolute Gasteiger partial charge is 0.462 e. The molecule has 146 valence electrons. The molecule has 0 spiro atoms. The van der Waals surface area contributed by atoms with Gasteiger partial charge in [-0.2, -0.15) is 8.42 Å². The summed E-state index contributed by atoms with van der Waals surface area (Å²) in [5, 5.41) is 16.9. The van der Waals surface area contributed by atoms with Gasteiger partial charge in [0.2, 0.25) is 0 Å². The summed E-state index contributed by atoms with van der Waals surface area (Å²) >= 11 is 0. The van der Waals surface area contributed by atoms with Crippen molar-refractivity contribution in [1.29, 1.82) is 0 Å². The summed E-state index contributed by atoms with van der Waals surface area (Å²) in [5.41, 5.74) is -0.933. The number of ether oxygens (including phenoxy) is 2. The molecule has 0 aliphatic rings. The number of carbonyl (C=O) groups is 2. The lowest BCUT2D eigenvalue weighted by Gasteiger charge is -2.09. The van der Waals surface area contributed by atoms with Gasteiger partial charge in [-0.05, 0) is 18.2 Å². The van der Waals surface area contributed by atoms with E-state index < -0.39 is 76.9 Å². The van der Waals surface area contributed by atoms with Crippen LogP contribution in [0.1, 0.15) is 33.6 Å². The number of rotatable bonds is 9. The first-order chi connectivity index (χ1) is 12.0. The van der Waals surface area contributed by atoms with Crippen LogP contribution in [0.3, 0.4) is 0 Å². The molecule has 3 N–H and O–H groups in total. The first kappa shape index (κ1) is 21.9. The molecule has 0 bridgehead atoms. The third-order valence-corrected chi connectivity index (χ3v) is 3.69. The number of hydrogen-bond acceptors (Lipinski definition) is 8. The molecule has 2 unspecified atom stereocenters. The maximum absolute atomic E-state index is 12.3. The zero-order valence-electron chi connectivity index (χ0n) is 13.2. The highest BCUT2D eigenvalue weighted by Gasteiger charge is 2.20. The first-order valence-corrected chi connectivity index (χ1v) is 8.56. The average Bonchev–Trinajstić information content (AvgIpc) is 2.52. The molecule has 0 aliphatic carbocycles. The normalized spacial score (nSPS) is 13.7. The van der Waals surface area contributed by atoms with Crippen LogP contribution in [0.5, 0.6) is 0 Å². The zero-order valence-corrected chi connectivity index (χ0v) is 14.0. The van der Waals surface area contributed by atoms with Gasteiger partial charge >= 0.3 is 11.9 Å². The lowest BCUT2D eigenvalue weighted by Crippen LogP contribution is -2.14. The van der Waals surface area contributed by atoms with Gasteiger partial charge < -0.3 is 19.7 Å². The molecule has 1 rings (SSSR count). The highest BCUT2D eigenvalue weighted by molar-refractivity contribution is 7.85. The van der Waals surface area contributed by atoms with Crippen molar-refractivity contribution in [3.63, 3.8) is 0 Å². The molecule has 0 aliphatic heterocycles. The van der Waals surface area contributed by atoms with Crippen LogP contribution < -0.4 is 0 Å². The molecular weight excluding hydrogens is 382 g/mol. The van der Waals surface area contributed by atoms with Crippen molar-refractivity contribution in [2.24, 2.45) is 0 Å². The third kappa shape index (κ3) is 7.39. The molecule has 0 radical (unpaired) electrons. The van der Waals surface area contributed by atoms with E-state index >= 15 is 0 Å². The maximum Gasteiger partial charge on any atom is 0.338 e. The SMILES string of the molecule is O=C(OCCC(O)F)c1cc(C(=O)OCCC(O)F)cc(S(=O)(=O)O)c1. The summed E-state index contributed by atoms with van der Waals surface area (Å²) < 4.78 is 65.4. The summed E-state index contributed by atoms with van der Waals surface area (Å²) in [5.74, 6) is -2.30. The smallest absolute Gasteiger partial charge is 0.338 e. The van der Waals surface area contributed by atoms with Crippen molar-refractivity contribution in [2.75, 3.05) is 13.2 Å². The number of carbonyl (C=O) groups excluding carboxylic acids is 2. The Morgan fingerprint density at radius 1 is 0.923 bits per heavy atom. The van der Waals surface area contributed by atoms with Gasteiger partial charge in [0.25, 0.3) is 10.1 Å². The number of benzene rings is 1. The number of aliphatic hydroxyl groups is 2. The van der Waals surface area contributed by atoms with Crippen molar-refractivity contribution in [1.82, 2.24) is 0 Å². The van der Waals surface area contributed by atoms with Crippen LogP contribution in [0.15, 0.2) is 23.1 Å². The van der Waals surface area contributed by atoms with Crippen molar-refractivity contribution < 1.29 is 51.0 Å². The van der Waals surface area contributed by atoms with Crippen LogP contribution in [0.25, 0.3) is 0 Å². The van der Waals surface area contributed by atoms with E-state index in [1.165, 1.54) is 0 Å². The molecule has 0 fully saturated rings. The fraction of sp³-hybridized carbons (Fsp3) is 0.429. The summed E-state index contributed by atoms with van der Waals surface area (Å²) in [4.78, 5) is 22.9. The maximum atomic E-state index is 12.3. The number of halogens is 2. The van der Waals surface area contributed by atoms with E-state index in [9.17, 15) is 26.8 Å². The summed E-state index contributed by atoms with van der Waals surface area (Å²) in [7, 11) is -4.80. The van der Waals surface area contributed by atoms with Gasteiger partial charge in [0.05, 0.1) is 29.2 Å². The lowest BCUT2D eigenvalue weighted by molar-refractivity contribution is 0.00651. The zero-order chi connectivity index (χ0) is 19.9.